The van der Waals surface area contributed by atoms with Crippen LogP contribution in [0.1, 0.15) is 43.5 Å². The van der Waals surface area contributed by atoms with Crippen LogP contribution in [0.3, 0.4) is 0 Å². The van der Waals surface area contributed by atoms with Crippen LogP contribution < -0.4 is 15.4 Å². The van der Waals surface area contributed by atoms with Crippen LogP contribution in [0.4, 0.5) is 0 Å². The number of hydrogen-bond acceptors (Lipinski definition) is 4. The Hall–Kier alpha value is -1.09. The van der Waals surface area contributed by atoms with Crippen LogP contribution >= 0.6 is 24.0 Å². The zero-order valence-electron chi connectivity index (χ0n) is 15.9. The van der Waals surface area contributed by atoms with E-state index in [4.69, 9.17) is 9.47 Å². The highest BCUT2D eigenvalue weighted by molar-refractivity contribution is 14.0. The Bertz CT molecular complexity index is 587. The SMILES string of the molecule is CCNC(=NCc1ncc(C)c(OC)c1C)NCC1(C)CCCO1.I. The van der Waals surface area contributed by atoms with E-state index in [-0.39, 0.29) is 29.6 Å². The van der Waals surface area contributed by atoms with Gasteiger partial charge in [0, 0.05) is 37.0 Å². The number of pyridine rings is 1. The first-order valence-electron chi connectivity index (χ1n) is 8.64. The molecule has 1 saturated heterocycles. The molecule has 0 amide bonds. The van der Waals surface area contributed by atoms with Crippen molar-refractivity contribution in [1.29, 1.82) is 0 Å². The third-order valence-electron chi connectivity index (χ3n) is 4.41. The van der Waals surface area contributed by atoms with Crippen LogP contribution in [0.5, 0.6) is 5.75 Å². The highest BCUT2D eigenvalue weighted by Gasteiger charge is 2.29. The van der Waals surface area contributed by atoms with Gasteiger partial charge in [0.05, 0.1) is 24.9 Å². The van der Waals surface area contributed by atoms with E-state index in [1.54, 1.807) is 7.11 Å². The first-order valence-corrected chi connectivity index (χ1v) is 8.64. The number of ether oxygens (including phenoxy) is 2. The van der Waals surface area contributed by atoms with E-state index in [1.165, 1.54) is 0 Å². The van der Waals surface area contributed by atoms with Gasteiger partial charge in [-0.2, -0.15) is 0 Å². The smallest absolute Gasteiger partial charge is 0.191 e. The van der Waals surface area contributed by atoms with Crippen molar-refractivity contribution in [1.82, 2.24) is 15.6 Å². The fourth-order valence-electron chi connectivity index (χ4n) is 2.97. The Morgan fingerprint density at radius 1 is 1.40 bits per heavy atom. The van der Waals surface area contributed by atoms with E-state index in [2.05, 4.69) is 34.5 Å². The van der Waals surface area contributed by atoms with Crippen molar-refractivity contribution in [3.63, 3.8) is 0 Å². The standard InChI is InChI=1S/C18H30N4O2.HI/c1-6-19-17(22-12-18(4)8-7-9-24-18)21-11-15-14(3)16(23-5)13(2)10-20-15;/h10H,6-9,11-12H2,1-5H3,(H2,19,21,22);1H. The number of aliphatic imine (C=N–C) groups is 1. The first kappa shape index (κ1) is 22.0. The summed E-state index contributed by atoms with van der Waals surface area (Å²) < 4.78 is 11.3. The molecule has 0 spiro atoms. The lowest BCUT2D eigenvalue weighted by Crippen LogP contribution is -2.45. The van der Waals surface area contributed by atoms with Crippen LogP contribution in [0.15, 0.2) is 11.2 Å². The second-order valence-corrected chi connectivity index (χ2v) is 6.50. The van der Waals surface area contributed by atoms with Crippen molar-refractivity contribution < 1.29 is 9.47 Å². The maximum atomic E-state index is 5.82. The number of rotatable bonds is 6. The van der Waals surface area contributed by atoms with E-state index < -0.39 is 0 Å². The van der Waals surface area contributed by atoms with E-state index in [1.807, 2.05) is 20.0 Å². The van der Waals surface area contributed by atoms with Gasteiger partial charge in [-0.25, -0.2) is 4.99 Å². The van der Waals surface area contributed by atoms with Crippen molar-refractivity contribution in [2.45, 2.75) is 52.7 Å². The third kappa shape index (κ3) is 5.99. The molecule has 2 N–H and O–H groups in total. The van der Waals surface area contributed by atoms with Crippen LogP contribution in [-0.4, -0.2) is 43.4 Å². The van der Waals surface area contributed by atoms with E-state index in [9.17, 15) is 0 Å². The lowest BCUT2D eigenvalue weighted by Gasteiger charge is -2.24. The van der Waals surface area contributed by atoms with Crippen LogP contribution in [0, 0.1) is 13.8 Å². The minimum atomic E-state index is -0.0998. The largest absolute Gasteiger partial charge is 0.496 e. The number of nitrogens with zero attached hydrogens (tertiary/aromatic N) is 2. The minimum absolute atomic E-state index is 0. The molecule has 0 saturated carbocycles. The second kappa shape index (κ2) is 10.2. The highest BCUT2D eigenvalue weighted by atomic mass is 127. The molecular weight excluding hydrogens is 431 g/mol. The fraction of sp³-hybridized carbons (Fsp3) is 0.667. The van der Waals surface area contributed by atoms with Gasteiger partial charge in [0.15, 0.2) is 5.96 Å². The van der Waals surface area contributed by atoms with Crippen LogP contribution in [-0.2, 0) is 11.3 Å². The molecule has 0 radical (unpaired) electrons. The molecule has 1 fully saturated rings. The number of aromatic nitrogens is 1. The Labute approximate surface area is 168 Å². The van der Waals surface area contributed by atoms with Gasteiger partial charge >= 0.3 is 0 Å². The zero-order chi connectivity index (χ0) is 17.6. The average molecular weight is 462 g/mol. The molecule has 2 heterocycles. The highest BCUT2D eigenvalue weighted by Crippen LogP contribution is 2.25. The lowest BCUT2D eigenvalue weighted by atomic mass is 10.0. The van der Waals surface area contributed by atoms with Gasteiger partial charge in [0.2, 0.25) is 0 Å². The van der Waals surface area contributed by atoms with Gasteiger partial charge in [0.1, 0.15) is 5.75 Å². The van der Waals surface area contributed by atoms with Gasteiger partial charge < -0.3 is 20.1 Å². The van der Waals surface area contributed by atoms with Crippen molar-refractivity contribution in [3.8, 4) is 5.75 Å². The van der Waals surface area contributed by atoms with Gasteiger partial charge in [-0.1, -0.05) is 0 Å². The van der Waals surface area contributed by atoms with E-state index in [0.717, 1.165) is 61.1 Å². The Morgan fingerprint density at radius 3 is 2.76 bits per heavy atom. The first-order chi connectivity index (χ1) is 11.5. The molecule has 1 aromatic rings. The Balaban J connectivity index is 0.00000312. The summed E-state index contributed by atoms with van der Waals surface area (Å²) in [7, 11) is 1.69. The van der Waals surface area contributed by atoms with E-state index >= 15 is 0 Å². The quantitative estimate of drug-likeness (QED) is 0.387. The molecule has 0 aromatic carbocycles. The summed E-state index contributed by atoms with van der Waals surface area (Å²) in [5.41, 5.74) is 2.91. The van der Waals surface area contributed by atoms with Gasteiger partial charge in [-0.3, -0.25) is 4.98 Å². The molecular formula is C18H31IN4O2. The number of aryl methyl sites for hydroxylation is 1. The number of methoxy groups -OCH3 is 1. The van der Waals surface area contributed by atoms with E-state index in [0.29, 0.717) is 6.54 Å². The number of hydrogen-bond donors (Lipinski definition) is 2. The molecule has 0 aliphatic carbocycles. The molecule has 142 valence electrons. The molecule has 25 heavy (non-hydrogen) atoms. The summed E-state index contributed by atoms with van der Waals surface area (Å²) in [6.45, 7) is 11.1. The monoisotopic (exact) mass is 462 g/mol. The molecule has 1 aliphatic heterocycles. The average Bonchev–Trinajstić information content (AvgIpc) is 2.99. The van der Waals surface area contributed by atoms with Crippen LogP contribution in [0.25, 0.3) is 0 Å². The van der Waals surface area contributed by atoms with Crippen molar-refractivity contribution in [2.75, 3.05) is 26.8 Å². The van der Waals surface area contributed by atoms with Gasteiger partial charge in [0.25, 0.3) is 0 Å². The number of halogens is 1. The molecule has 2 rings (SSSR count). The van der Waals surface area contributed by atoms with Crippen molar-refractivity contribution in [2.24, 2.45) is 4.99 Å². The molecule has 1 atom stereocenters. The van der Waals surface area contributed by atoms with Crippen LogP contribution in [0.2, 0.25) is 0 Å². The molecule has 1 aliphatic rings. The summed E-state index contributed by atoms with van der Waals surface area (Å²) in [6.07, 6.45) is 4.04. The topological polar surface area (TPSA) is 67.8 Å². The normalized spacial score (nSPS) is 20.1. The Kier molecular flexibility index (Phi) is 8.92. The minimum Gasteiger partial charge on any atom is -0.496 e. The zero-order valence-corrected chi connectivity index (χ0v) is 18.3. The maximum absolute atomic E-state index is 5.82. The summed E-state index contributed by atoms with van der Waals surface area (Å²) in [5, 5.41) is 6.67. The van der Waals surface area contributed by atoms with Crippen molar-refractivity contribution in [3.05, 3.63) is 23.0 Å². The van der Waals surface area contributed by atoms with Gasteiger partial charge in [-0.05, 0) is 40.5 Å². The predicted molar refractivity (Wildman–Crippen MR) is 112 cm³/mol. The molecule has 1 aromatic heterocycles. The second-order valence-electron chi connectivity index (χ2n) is 6.50. The summed E-state index contributed by atoms with van der Waals surface area (Å²) in [4.78, 5) is 9.16. The number of guanidine groups is 1. The summed E-state index contributed by atoms with van der Waals surface area (Å²) in [5.74, 6) is 1.68. The predicted octanol–water partition coefficient (Wildman–Crippen LogP) is 2.95. The molecule has 7 heteroatoms. The molecule has 1 unspecified atom stereocenters. The molecule has 0 bridgehead atoms. The Morgan fingerprint density at radius 2 is 2.16 bits per heavy atom. The summed E-state index contributed by atoms with van der Waals surface area (Å²) in [6, 6.07) is 0. The fourth-order valence-corrected chi connectivity index (χ4v) is 2.97. The van der Waals surface area contributed by atoms with Crippen molar-refractivity contribution >= 4 is 29.9 Å². The van der Waals surface area contributed by atoms with Gasteiger partial charge in [-0.15, -0.1) is 24.0 Å². The molecule has 6 nitrogen and oxygen atoms in total. The summed E-state index contributed by atoms with van der Waals surface area (Å²) >= 11 is 0. The third-order valence-corrected chi connectivity index (χ3v) is 4.41. The maximum Gasteiger partial charge on any atom is 0.191 e. The lowest BCUT2D eigenvalue weighted by molar-refractivity contribution is 0.0243. The number of nitrogens with one attached hydrogen (secondary N) is 2.